The first kappa shape index (κ1) is 12.9. The molecule has 0 bridgehead atoms. The van der Waals surface area contributed by atoms with E-state index >= 15 is 0 Å². The molecular formula is C15H22FN3. The number of piperazine rings is 1. The smallest absolute Gasteiger partial charge is 0.146 e. The fourth-order valence-electron chi connectivity index (χ4n) is 3.33. The van der Waals surface area contributed by atoms with Gasteiger partial charge >= 0.3 is 0 Å². The van der Waals surface area contributed by atoms with Gasteiger partial charge in [-0.1, -0.05) is 6.07 Å². The van der Waals surface area contributed by atoms with Crippen LogP contribution in [0.25, 0.3) is 0 Å². The minimum absolute atomic E-state index is 0.0841. The molecule has 0 radical (unpaired) electrons. The third kappa shape index (κ3) is 2.60. The van der Waals surface area contributed by atoms with Crippen LogP contribution in [-0.4, -0.2) is 44.2 Å². The van der Waals surface area contributed by atoms with Crippen LogP contribution in [0.1, 0.15) is 18.4 Å². The summed E-state index contributed by atoms with van der Waals surface area (Å²) in [6.45, 7) is 4.93. The number of hydrogen-bond acceptors (Lipinski definition) is 3. The Morgan fingerprint density at radius 2 is 2.21 bits per heavy atom. The Bertz CT molecular complexity index is 449. The third-order valence-corrected chi connectivity index (χ3v) is 4.32. The summed E-state index contributed by atoms with van der Waals surface area (Å²) in [6.07, 6.45) is 2.55. The van der Waals surface area contributed by atoms with E-state index in [1.54, 1.807) is 6.07 Å². The Morgan fingerprint density at radius 1 is 1.32 bits per heavy atom. The number of halogens is 1. The number of fused-ring (bicyclic) bond motifs is 1. The third-order valence-electron chi connectivity index (χ3n) is 4.32. The van der Waals surface area contributed by atoms with Gasteiger partial charge in [-0.2, -0.15) is 0 Å². The molecule has 1 unspecified atom stereocenters. The number of anilines is 1. The fraction of sp³-hybridized carbons (Fsp3) is 0.600. The predicted octanol–water partition coefficient (Wildman–Crippen LogP) is 1.83. The molecule has 1 aromatic carbocycles. The predicted molar refractivity (Wildman–Crippen MR) is 76.0 cm³/mol. The van der Waals surface area contributed by atoms with Crippen LogP contribution >= 0.6 is 0 Å². The zero-order chi connectivity index (χ0) is 13.2. The van der Waals surface area contributed by atoms with Crippen LogP contribution in [0.5, 0.6) is 0 Å². The normalized spacial score (nSPS) is 23.7. The first-order valence-corrected chi connectivity index (χ1v) is 7.20. The van der Waals surface area contributed by atoms with E-state index in [0.29, 0.717) is 12.6 Å². The number of hydrogen-bond donors (Lipinski definition) is 1. The summed E-state index contributed by atoms with van der Waals surface area (Å²) in [5.74, 6) is -0.0841. The Balaban J connectivity index is 1.75. The van der Waals surface area contributed by atoms with E-state index < -0.39 is 0 Å². The summed E-state index contributed by atoms with van der Waals surface area (Å²) in [6, 6.07) is 6.25. The van der Waals surface area contributed by atoms with Crippen molar-refractivity contribution in [2.45, 2.75) is 25.4 Å². The van der Waals surface area contributed by atoms with Crippen LogP contribution in [0.15, 0.2) is 18.2 Å². The van der Waals surface area contributed by atoms with Gasteiger partial charge < -0.3 is 10.2 Å². The SMILES string of the molecule is CNCc1ccc(N2CCN3CCCC3C2)c(F)c1. The highest BCUT2D eigenvalue weighted by Gasteiger charge is 2.31. The largest absolute Gasteiger partial charge is 0.366 e. The molecule has 4 heteroatoms. The number of rotatable bonds is 3. The first-order valence-electron chi connectivity index (χ1n) is 7.20. The van der Waals surface area contributed by atoms with Gasteiger partial charge in [0, 0.05) is 32.2 Å². The molecule has 1 N–H and O–H groups in total. The van der Waals surface area contributed by atoms with Crippen molar-refractivity contribution in [1.82, 2.24) is 10.2 Å². The Labute approximate surface area is 114 Å². The van der Waals surface area contributed by atoms with Gasteiger partial charge in [0.25, 0.3) is 0 Å². The van der Waals surface area contributed by atoms with Gasteiger partial charge in [-0.15, -0.1) is 0 Å². The van der Waals surface area contributed by atoms with E-state index in [-0.39, 0.29) is 5.82 Å². The lowest BCUT2D eigenvalue weighted by Crippen LogP contribution is -2.50. The van der Waals surface area contributed by atoms with Gasteiger partial charge in [0.15, 0.2) is 0 Å². The summed E-state index contributed by atoms with van der Waals surface area (Å²) in [4.78, 5) is 4.76. The molecule has 1 aromatic rings. The highest BCUT2D eigenvalue weighted by atomic mass is 19.1. The van der Waals surface area contributed by atoms with Crippen LogP contribution in [0.2, 0.25) is 0 Å². The van der Waals surface area contributed by atoms with Crippen molar-refractivity contribution in [3.8, 4) is 0 Å². The van der Waals surface area contributed by atoms with Crippen molar-refractivity contribution in [3.63, 3.8) is 0 Å². The van der Waals surface area contributed by atoms with E-state index in [4.69, 9.17) is 0 Å². The Kier molecular flexibility index (Phi) is 3.71. The molecule has 3 nitrogen and oxygen atoms in total. The highest BCUT2D eigenvalue weighted by Crippen LogP contribution is 2.27. The molecule has 3 rings (SSSR count). The van der Waals surface area contributed by atoms with E-state index in [2.05, 4.69) is 15.1 Å². The van der Waals surface area contributed by atoms with E-state index in [0.717, 1.165) is 30.9 Å². The van der Waals surface area contributed by atoms with Gasteiger partial charge in [0.05, 0.1) is 5.69 Å². The molecule has 2 saturated heterocycles. The second-order valence-corrected chi connectivity index (χ2v) is 5.59. The molecular weight excluding hydrogens is 241 g/mol. The lowest BCUT2D eigenvalue weighted by molar-refractivity contribution is 0.230. The summed E-state index contributed by atoms with van der Waals surface area (Å²) in [7, 11) is 1.88. The van der Waals surface area contributed by atoms with Crippen LogP contribution in [-0.2, 0) is 6.54 Å². The second kappa shape index (κ2) is 5.47. The molecule has 0 aromatic heterocycles. The van der Waals surface area contributed by atoms with Gasteiger partial charge in [-0.25, -0.2) is 4.39 Å². The summed E-state index contributed by atoms with van der Waals surface area (Å²) < 4.78 is 14.2. The molecule has 2 aliphatic rings. The van der Waals surface area contributed by atoms with Gasteiger partial charge in [-0.05, 0) is 44.1 Å². The summed E-state index contributed by atoms with van der Waals surface area (Å²) >= 11 is 0. The molecule has 2 heterocycles. The molecule has 0 saturated carbocycles. The van der Waals surface area contributed by atoms with Crippen LogP contribution in [0, 0.1) is 5.82 Å². The molecule has 0 spiro atoms. The topological polar surface area (TPSA) is 18.5 Å². The van der Waals surface area contributed by atoms with Crippen LogP contribution in [0.3, 0.4) is 0 Å². The first-order chi connectivity index (χ1) is 9.28. The molecule has 2 fully saturated rings. The summed E-state index contributed by atoms with van der Waals surface area (Å²) in [5, 5.41) is 3.05. The van der Waals surface area contributed by atoms with Crippen molar-refractivity contribution in [1.29, 1.82) is 0 Å². The monoisotopic (exact) mass is 263 g/mol. The minimum atomic E-state index is -0.0841. The Morgan fingerprint density at radius 3 is 3.00 bits per heavy atom. The van der Waals surface area contributed by atoms with Crippen molar-refractivity contribution >= 4 is 5.69 Å². The molecule has 2 aliphatic heterocycles. The lowest BCUT2D eigenvalue weighted by atomic mass is 10.1. The van der Waals surface area contributed by atoms with Crippen molar-refractivity contribution < 1.29 is 4.39 Å². The molecule has 0 amide bonds. The van der Waals surface area contributed by atoms with Gasteiger partial charge in [-0.3, -0.25) is 4.90 Å². The highest BCUT2D eigenvalue weighted by molar-refractivity contribution is 5.50. The maximum absolute atomic E-state index is 14.2. The quantitative estimate of drug-likeness (QED) is 0.897. The number of nitrogens with one attached hydrogen (secondary N) is 1. The van der Waals surface area contributed by atoms with Gasteiger partial charge in [0.2, 0.25) is 0 Å². The number of nitrogens with zero attached hydrogens (tertiary/aromatic N) is 2. The van der Waals surface area contributed by atoms with Crippen LogP contribution < -0.4 is 10.2 Å². The van der Waals surface area contributed by atoms with Crippen LogP contribution in [0.4, 0.5) is 10.1 Å². The zero-order valence-electron chi connectivity index (χ0n) is 11.5. The summed E-state index contributed by atoms with van der Waals surface area (Å²) in [5.41, 5.74) is 1.77. The van der Waals surface area contributed by atoms with Crippen molar-refractivity contribution in [2.75, 3.05) is 38.1 Å². The average molecular weight is 263 g/mol. The lowest BCUT2D eigenvalue weighted by Gasteiger charge is -2.39. The van der Waals surface area contributed by atoms with E-state index in [9.17, 15) is 4.39 Å². The molecule has 19 heavy (non-hydrogen) atoms. The Hall–Kier alpha value is -1.13. The minimum Gasteiger partial charge on any atom is -0.366 e. The van der Waals surface area contributed by atoms with Crippen molar-refractivity contribution in [3.05, 3.63) is 29.6 Å². The molecule has 1 atom stereocenters. The molecule has 0 aliphatic carbocycles. The average Bonchev–Trinajstić information content (AvgIpc) is 2.86. The second-order valence-electron chi connectivity index (χ2n) is 5.59. The fourth-order valence-corrected chi connectivity index (χ4v) is 3.33. The maximum Gasteiger partial charge on any atom is 0.146 e. The zero-order valence-corrected chi connectivity index (χ0v) is 11.5. The number of benzene rings is 1. The van der Waals surface area contributed by atoms with E-state index in [1.165, 1.54) is 19.4 Å². The molecule has 104 valence electrons. The van der Waals surface area contributed by atoms with Crippen molar-refractivity contribution in [2.24, 2.45) is 0 Å². The standard InChI is InChI=1S/C15H22FN3/c1-17-10-12-4-5-15(14(16)9-12)19-8-7-18-6-2-3-13(18)11-19/h4-5,9,13,17H,2-3,6-8,10-11H2,1H3. The van der Waals surface area contributed by atoms with E-state index in [1.807, 2.05) is 19.2 Å². The maximum atomic E-state index is 14.2. The van der Waals surface area contributed by atoms with Gasteiger partial charge in [0.1, 0.15) is 5.82 Å².